The molecule has 0 aromatic heterocycles. The van der Waals surface area contributed by atoms with Crippen LogP contribution in [0.3, 0.4) is 0 Å². The molecule has 0 aliphatic heterocycles. The molecule has 3 N–H and O–H groups in total. The van der Waals surface area contributed by atoms with E-state index in [9.17, 15) is 19.8 Å². The van der Waals surface area contributed by atoms with Crippen LogP contribution in [-0.2, 0) is 14.3 Å². The van der Waals surface area contributed by atoms with Crippen LogP contribution in [0.25, 0.3) is 0 Å². The van der Waals surface area contributed by atoms with Crippen molar-refractivity contribution < 1.29 is 24.5 Å². The minimum absolute atomic E-state index is 0.0139. The first-order valence-corrected chi connectivity index (χ1v) is 24.6. The highest BCUT2D eigenvalue weighted by molar-refractivity contribution is 5.76. The Morgan fingerprint density at radius 2 is 0.911 bits per heavy atom. The minimum Gasteiger partial charge on any atom is -0.466 e. The standard InChI is InChI=1S/C50H95NO5/c1-3-5-7-9-11-13-14-15-16-17-18-21-24-28-32-36-40-44-50(55)56-45-41-37-33-29-25-22-19-20-23-27-31-35-39-43-49(54)51-47(46-52)48(53)42-38-34-30-26-12-10-8-6-4-2/h20,23,31,35,47-48,52-53H,3-19,21-22,24-30,32-34,36-46H2,1-2H3,(H,51,54)/b23-20-,35-31-. The van der Waals surface area contributed by atoms with Gasteiger partial charge in [-0.05, 0) is 44.9 Å². The maximum Gasteiger partial charge on any atom is 0.305 e. The summed E-state index contributed by atoms with van der Waals surface area (Å²) in [5.74, 6) is -0.132. The Labute approximate surface area is 348 Å². The van der Waals surface area contributed by atoms with E-state index in [4.69, 9.17) is 4.74 Å². The van der Waals surface area contributed by atoms with Gasteiger partial charge in [0.1, 0.15) is 0 Å². The molecule has 0 radical (unpaired) electrons. The average molecular weight is 790 g/mol. The Bertz CT molecular complexity index is 874. The van der Waals surface area contributed by atoms with Crippen LogP contribution < -0.4 is 5.32 Å². The maximum absolute atomic E-state index is 12.3. The number of carbonyl (C=O) groups excluding carboxylic acids is 2. The van der Waals surface area contributed by atoms with Gasteiger partial charge in [-0.25, -0.2) is 0 Å². The molecule has 0 bridgehead atoms. The fourth-order valence-electron chi connectivity index (χ4n) is 7.45. The van der Waals surface area contributed by atoms with Crippen LogP contribution in [0.1, 0.15) is 258 Å². The van der Waals surface area contributed by atoms with Crippen LogP contribution in [0.4, 0.5) is 0 Å². The Balaban J connectivity index is 3.50. The normalized spacial score (nSPS) is 12.9. The molecule has 0 aliphatic rings. The molecule has 1 amide bonds. The number of allylic oxidation sites excluding steroid dienone is 4. The number of ether oxygens (including phenoxy) is 1. The smallest absolute Gasteiger partial charge is 0.305 e. The zero-order chi connectivity index (χ0) is 40.8. The molecule has 0 fully saturated rings. The first-order chi connectivity index (χ1) is 27.5. The summed E-state index contributed by atoms with van der Waals surface area (Å²) in [6, 6.07) is -0.582. The number of hydrogen-bond donors (Lipinski definition) is 3. The molecule has 6 heteroatoms. The van der Waals surface area contributed by atoms with E-state index in [0.29, 0.717) is 32.3 Å². The lowest BCUT2D eigenvalue weighted by molar-refractivity contribution is -0.143. The number of aliphatic hydroxyl groups excluding tert-OH is 2. The van der Waals surface area contributed by atoms with Crippen molar-refractivity contribution in [3.05, 3.63) is 24.3 Å². The lowest BCUT2D eigenvalue weighted by Crippen LogP contribution is -2.45. The molecular weight excluding hydrogens is 695 g/mol. The summed E-state index contributed by atoms with van der Waals surface area (Å²) in [6.45, 7) is 4.86. The highest BCUT2D eigenvalue weighted by Crippen LogP contribution is 2.16. The van der Waals surface area contributed by atoms with E-state index < -0.39 is 12.1 Å². The van der Waals surface area contributed by atoms with E-state index in [2.05, 4.69) is 37.4 Å². The predicted octanol–water partition coefficient (Wildman–Crippen LogP) is 14.3. The molecule has 2 unspecified atom stereocenters. The van der Waals surface area contributed by atoms with Crippen LogP contribution >= 0.6 is 0 Å². The van der Waals surface area contributed by atoms with Crippen LogP contribution in [0.15, 0.2) is 24.3 Å². The Morgan fingerprint density at radius 1 is 0.500 bits per heavy atom. The molecule has 0 aromatic carbocycles. The van der Waals surface area contributed by atoms with Crippen LogP contribution in [-0.4, -0.2) is 47.4 Å². The minimum atomic E-state index is -0.696. The second-order valence-electron chi connectivity index (χ2n) is 16.8. The van der Waals surface area contributed by atoms with E-state index >= 15 is 0 Å². The van der Waals surface area contributed by atoms with Crippen molar-refractivity contribution in [2.75, 3.05) is 13.2 Å². The van der Waals surface area contributed by atoms with Gasteiger partial charge in [0.15, 0.2) is 0 Å². The summed E-state index contributed by atoms with van der Waals surface area (Å²) in [7, 11) is 0. The predicted molar refractivity (Wildman–Crippen MR) is 241 cm³/mol. The topological polar surface area (TPSA) is 95.9 Å². The molecule has 0 saturated carbocycles. The van der Waals surface area contributed by atoms with E-state index in [1.165, 1.54) is 167 Å². The average Bonchev–Trinajstić information content (AvgIpc) is 3.20. The highest BCUT2D eigenvalue weighted by Gasteiger charge is 2.19. The van der Waals surface area contributed by atoms with Gasteiger partial charge < -0.3 is 20.3 Å². The van der Waals surface area contributed by atoms with Crippen LogP contribution in [0, 0.1) is 0 Å². The van der Waals surface area contributed by atoms with Crippen molar-refractivity contribution in [2.24, 2.45) is 0 Å². The second kappa shape index (κ2) is 46.0. The summed E-state index contributed by atoms with van der Waals surface area (Å²) < 4.78 is 5.46. The third-order valence-corrected chi connectivity index (χ3v) is 11.3. The van der Waals surface area contributed by atoms with Gasteiger partial charge in [0.2, 0.25) is 5.91 Å². The number of nitrogens with one attached hydrogen (secondary N) is 1. The quantitative estimate of drug-likeness (QED) is 0.0324. The molecule has 56 heavy (non-hydrogen) atoms. The lowest BCUT2D eigenvalue weighted by Gasteiger charge is -2.22. The number of rotatable bonds is 45. The highest BCUT2D eigenvalue weighted by atomic mass is 16.5. The summed E-state index contributed by atoms with van der Waals surface area (Å²) in [5.41, 5.74) is 0. The molecule has 0 aromatic rings. The number of carbonyl (C=O) groups is 2. The van der Waals surface area contributed by atoms with E-state index in [1.807, 2.05) is 6.08 Å². The van der Waals surface area contributed by atoms with Gasteiger partial charge in [-0.15, -0.1) is 0 Å². The van der Waals surface area contributed by atoms with Gasteiger partial charge in [-0.3, -0.25) is 9.59 Å². The van der Waals surface area contributed by atoms with Gasteiger partial charge in [0.25, 0.3) is 0 Å². The van der Waals surface area contributed by atoms with Crippen molar-refractivity contribution in [1.29, 1.82) is 0 Å². The van der Waals surface area contributed by atoms with Gasteiger partial charge in [-0.1, -0.05) is 224 Å². The van der Waals surface area contributed by atoms with Gasteiger partial charge in [-0.2, -0.15) is 0 Å². The first kappa shape index (κ1) is 54.3. The molecule has 6 nitrogen and oxygen atoms in total. The Morgan fingerprint density at radius 3 is 1.39 bits per heavy atom. The van der Waals surface area contributed by atoms with E-state index in [0.717, 1.165) is 51.4 Å². The summed E-state index contributed by atoms with van der Waals surface area (Å²) in [6.07, 6.45) is 53.1. The van der Waals surface area contributed by atoms with Gasteiger partial charge in [0.05, 0.1) is 25.4 Å². The molecule has 0 aliphatic carbocycles. The molecular formula is C50H95NO5. The monoisotopic (exact) mass is 790 g/mol. The molecule has 2 atom stereocenters. The van der Waals surface area contributed by atoms with E-state index in [1.54, 1.807) is 0 Å². The van der Waals surface area contributed by atoms with E-state index in [-0.39, 0.29) is 18.5 Å². The largest absolute Gasteiger partial charge is 0.466 e. The van der Waals surface area contributed by atoms with Crippen LogP contribution in [0.2, 0.25) is 0 Å². The molecule has 0 spiro atoms. The SMILES string of the molecule is CCCCCCCCCCCCCCCCCCCC(=O)OCCCCCCCC/C=C\C/C=C\CCC(=O)NC(CO)C(O)CCCCCCCCCCC. The first-order valence-electron chi connectivity index (χ1n) is 24.6. The number of unbranched alkanes of at least 4 members (excludes halogenated alkanes) is 30. The summed E-state index contributed by atoms with van der Waals surface area (Å²) in [5, 5.41) is 23.0. The Hall–Kier alpha value is -1.66. The van der Waals surface area contributed by atoms with Crippen molar-refractivity contribution in [3.8, 4) is 0 Å². The molecule has 0 saturated heterocycles. The van der Waals surface area contributed by atoms with Crippen molar-refractivity contribution in [2.45, 2.75) is 270 Å². The van der Waals surface area contributed by atoms with Gasteiger partial charge >= 0.3 is 5.97 Å². The van der Waals surface area contributed by atoms with Crippen molar-refractivity contribution in [3.63, 3.8) is 0 Å². The number of aliphatic hydroxyl groups is 2. The van der Waals surface area contributed by atoms with Crippen molar-refractivity contribution in [1.82, 2.24) is 5.32 Å². The number of hydrogen-bond acceptors (Lipinski definition) is 5. The second-order valence-corrected chi connectivity index (χ2v) is 16.8. The van der Waals surface area contributed by atoms with Gasteiger partial charge in [0, 0.05) is 12.8 Å². The number of esters is 1. The number of amides is 1. The fraction of sp³-hybridized carbons (Fsp3) is 0.880. The third kappa shape index (κ3) is 42.0. The third-order valence-electron chi connectivity index (χ3n) is 11.3. The Kier molecular flexibility index (Phi) is 44.7. The molecule has 330 valence electrons. The molecule has 0 rings (SSSR count). The zero-order valence-corrected chi connectivity index (χ0v) is 37.4. The zero-order valence-electron chi connectivity index (χ0n) is 37.4. The maximum atomic E-state index is 12.3. The summed E-state index contributed by atoms with van der Waals surface area (Å²) in [4.78, 5) is 24.4. The van der Waals surface area contributed by atoms with Crippen LogP contribution in [0.5, 0.6) is 0 Å². The lowest BCUT2D eigenvalue weighted by atomic mass is 10.0. The summed E-state index contributed by atoms with van der Waals surface area (Å²) >= 11 is 0. The van der Waals surface area contributed by atoms with Crippen molar-refractivity contribution >= 4 is 11.9 Å². The molecule has 0 heterocycles. The fourth-order valence-corrected chi connectivity index (χ4v) is 7.45.